The molecule has 0 aromatic heterocycles. The zero-order valence-corrected chi connectivity index (χ0v) is 10.3. The number of nitrogens with one attached hydrogen (secondary N) is 1. The Morgan fingerprint density at radius 2 is 2.24 bits per heavy atom. The predicted octanol–water partition coefficient (Wildman–Crippen LogP) is -0.149. The number of nitrogens with two attached hydrogens (primary N) is 1. The van der Waals surface area contributed by atoms with Crippen molar-refractivity contribution in [3.8, 4) is 0 Å². The highest BCUT2D eigenvalue weighted by molar-refractivity contribution is 5.79. The van der Waals surface area contributed by atoms with Gasteiger partial charge in [-0.05, 0) is 25.2 Å². The molecule has 2 unspecified atom stereocenters. The summed E-state index contributed by atoms with van der Waals surface area (Å²) in [5, 5.41) is 2.97. The maximum absolute atomic E-state index is 11.7. The Kier molecular flexibility index (Phi) is 3.66. The number of likely N-dealkylation sites (tertiary alicyclic amines) is 1. The molecule has 2 fully saturated rings. The summed E-state index contributed by atoms with van der Waals surface area (Å²) < 4.78 is 0. The van der Waals surface area contributed by atoms with Gasteiger partial charge in [0.15, 0.2) is 0 Å². The molecular formula is C12H21N3O2. The van der Waals surface area contributed by atoms with Crippen LogP contribution in [0.2, 0.25) is 0 Å². The molecule has 2 rings (SSSR count). The van der Waals surface area contributed by atoms with Gasteiger partial charge in [-0.1, -0.05) is 0 Å². The van der Waals surface area contributed by atoms with Crippen LogP contribution in [0.25, 0.3) is 0 Å². The number of hydrogen-bond donors (Lipinski definition) is 2. The van der Waals surface area contributed by atoms with Crippen molar-refractivity contribution in [2.45, 2.75) is 44.2 Å². The summed E-state index contributed by atoms with van der Waals surface area (Å²) in [4.78, 5) is 24.7. The highest BCUT2D eigenvalue weighted by Crippen LogP contribution is 2.32. The highest BCUT2D eigenvalue weighted by Gasteiger charge is 2.31. The minimum absolute atomic E-state index is 0.0120. The molecule has 0 radical (unpaired) electrons. The molecule has 1 aliphatic heterocycles. The summed E-state index contributed by atoms with van der Waals surface area (Å²) in [7, 11) is 1.77. The third kappa shape index (κ3) is 3.43. The van der Waals surface area contributed by atoms with Gasteiger partial charge in [-0.25, -0.2) is 0 Å². The molecule has 3 N–H and O–H groups in total. The van der Waals surface area contributed by atoms with E-state index in [0.29, 0.717) is 25.3 Å². The molecule has 5 nitrogen and oxygen atoms in total. The molecule has 1 saturated carbocycles. The van der Waals surface area contributed by atoms with Crippen LogP contribution < -0.4 is 11.1 Å². The van der Waals surface area contributed by atoms with E-state index in [9.17, 15) is 9.59 Å². The Morgan fingerprint density at radius 3 is 2.82 bits per heavy atom. The van der Waals surface area contributed by atoms with Crippen LogP contribution in [-0.4, -0.2) is 42.4 Å². The van der Waals surface area contributed by atoms with E-state index in [1.54, 1.807) is 11.9 Å². The topological polar surface area (TPSA) is 75.4 Å². The molecule has 0 bridgehead atoms. The lowest BCUT2D eigenvalue weighted by Crippen LogP contribution is -2.49. The summed E-state index contributed by atoms with van der Waals surface area (Å²) in [6.45, 7) is 0.614. The lowest BCUT2D eigenvalue weighted by atomic mass is 10.0. The Balaban J connectivity index is 1.72. The first kappa shape index (κ1) is 12.4. The fourth-order valence-corrected chi connectivity index (χ4v) is 2.32. The number of amides is 2. The average molecular weight is 239 g/mol. The fourth-order valence-electron chi connectivity index (χ4n) is 2.32. The van der Waals surface area contributed by atoms with Crippen LogP contribution in [0.15, 0.2) is 0 Å². The van der Waals surface area contributed by atoms with E-state index < -0.39 is 0 Å². The van der Waals surface area contributed by atoms with Crippen molar-refractivity contribution in [1.82, 2.24) is 10.2 Å². The van der Waals surface area contributed by atoms with Gasteiger partial charge in [0.05, 0.1) is 0 Å². The van der Waals surface area contributed by atoms with Crippen LogP contribution in [0, 0.1) is 5.92 Å². The standard InChI is InChI=1S/C12H21N3O2/c1-15-7-9(4-5-12(15)17)14-11(16)6-10(13)8-2-3-8/h8-10H,2-7,13H2,1H3,(H,14,16). The van der Waals surface area contributed by atoms with E-state index in [4.69, 9.17) is 5.73 Å². The number of nitrogens with zero attached hydrogens (tertiary/aromatic N) is 1. The SMILES string of the molecule is CN1CC(NC(=O)CC(N)C2CC2)CCC1=O. The quantitative estimate of drug-likeness (QED) is 0.716. The molecule has 1 aliphatic carbocycles. The second-order valence-electron chi connectivity index (χ2n) is 5.28. The molecule has 96 valence electrons. The van der Waals surface area contributed by atoms with Gasteiger partial charge in [0, 0.05) is 38.5 Å². The monoisotopic (exact) mass is 239 g/mol. The van der Waals surface area contributed by atoms with Gasteiger partial charge in [-0.2, -0.15) is 0 Å². The zero-order valence-electron chi connectivity index (χ0n) is 10.3. The van der Waals surface area contributed by atoms with Crippen molar-refractivity contribution < 1.29 is 9.59 Å². The van der Waals surface area contributed by atoms with Gasteiger partial charge in [0.25, 0.3) is 0 Å². The summed E-state index contributed by atoms with van der Waals surface area (Å²) in [5.74, 6) is 0.735. The van der Waals surface area contributed by atoms with E-state index in [-0.39, 0.29) is 23.9 Å². The van der Waals surface area contributed by atoms with E-state index in [1.165, 1.54) is 0 Å². The van der Waals surface area contributed by atoms with Gasteiger partial charge in [0.1, 0.15) is 0 Å². The van der Waals surface area contributed by atoms with Crippen LogP contribution in [-0.2, 0) is 9.59 Å². The van der Waals surface area contributed by atoms with Crippen molar-refractivity contribution in [2.75, 3.05) is 13.6 Å². The number of carbonyl (C=O) groups excluding carboxylic acids is 2. The third-order valence-corrected chi connectivity index (χ3v) is 3.64. The van der Waals surface area contributed by atoms with Crippen molar-refractivity contribution in [3.05, 3.63) is 0 Å². The Bertz CT molecular complexity index is 315. The van der Waals surface area contributed by atoms with Crippen LogP contribution in [0.5, 0.6) is 0 Å². The molecular weight excluding hydrogens is 218 g/mol. The smallest absolute Gasteiger partial charge is 0.222 e. The predicted molar refractivity (Wildman–Crippen MR) is 64.1 cm³/mol. The molecule has 2 aliphatic rings. The minimum Gasteiger partial charge on any atom is -0.352 e. The van der Waals surface area contributed by atoms with Gasteiger partial charge < -0.3 is 16.0 Å². The van der Waals surface area contributed by atoms with Crippen LogP contribution in [0.3, 0.4) is 0 Å². The molecule has 1 saturated heterocycles. The molecule has 2 amide bonds. The van der Waals surface area contributed by atoms with E-state index in [0.717, 1.165) is 19.3 Å². The van der Waals surface area contributed by atoms with Crippen LogP contribution >= 0.6 is 0 Å². The van der Waals surface area contributed by atoms with Crippen molar-refractivity contribution in [2.24, 2.45) is 11.7 Å². The third-order valence-electron chi connectivity index (χ3n) is 3.64. The molecule has 5 heteroatoms. The highest BCUT2D eigenvalue weighted by atomic mass is 16.2. The summed E-state index contributed by atoms with van der Waals surface area (Å²) in [6.07, 6.45) is 4.01. The molecule has 17 heavy (non-hydrogen) atoms. The molecule has 2 atom stereocenters. The van der Waals surface area contributed by atoms with Gasteiger partial charge in [0.2, 0.25) is 11.8 Å². The van der Waals surface area contributed by atoms with Crippen molar-refractivity contribution in [1.29, 1.82) is 0 Å². The van der Waals surface area contributed by atoms with Gasteiger partial charge in [-0.15, -0.1) is 0 Å². The number of rotatable bonds is 4. The molecule has 0 aromatic carbocycles. The fraction of sp³-hybridized carbons (Fsp3) is 0.833. The maximum Gasteiger partial charge on any atom is 0.222 e. The lowest BCUT2D eigenvalue weighted by molar-refractivity contribution is -0.134. The normalized spacial score (nSPS) is 26.8. The van der Waals surface area contributed by atoms with E-state index >= 15 is 0 Å². The lowest BCUT2D eigenvalue weighted by Gasteiger charge is -2.30. The molecule has 0 aromatic rings. The van der Waals surface area contributed by atoms with Crippen molar-refractivity contribution >= 4 is 11.8 Å². The van der Waals surface area contributed by atoms with Gasteiger partial charge in [-0.3, -0.25) is 9.59 Å². The number of piperidine rings is 1. The minimum atomic E-state index is 0.0120. The zero-order chi connectivity index (χ0) is 12.4. The Labute approximate surface area is 102 Å². The number of likely N-dealkylation sites (N-methyl/N-ethyl adjacent to an activating group) is 1. The first-order chi connectivity index (χ1) is 8.06. The van der Waals surface area contributed by atoms with E-state index in [2.05, 4.69) is 5.32 Å². The summed E-state index contributed by atoms with van der Waals surface area (Å²) in [5.41, 5.74) is 5.91. The first-order valence-corrected chi connectivity index (χ1v) is 6.35. The number of hydrogen-bond acceptors (Lipinski definition) is 3. The second kappa shape index (κ2) is 5.04. The van der Waals surface area contributed by atoms with Crippen molar-refractivity contribution in [3.63, 3.8) is 0 Å². The Hall–Kier alpha value is -1.10. The summed E-state index contributed by atoms with van der Waals surface area (Å²) in [6, 6.07) is 0.106. The molecule has 1 heterocycles. The Morgan fingerprint density at radius 1 is 1.53 bits per heavy atom. The number of carbonyl (C=O) groups is 2. The largest absolute Gasteiger partial charge is 0.352 e. The van der Waals surface area contributed by atoms with Gasteiger partial charge >= 0.3 is 0 Å². The second-order valence-corrected chi connectivity index (χ2v) is 5.28. The first-order valence-electron chi connectivity index (χ1n) is 6.35. The summed E-state index contributed by atoms with van der Waals surface area (Å²) >= 11 is 0. The average Bonchev–Trinajstić information content (AvgIpc) is 3.06. The van der Waals surface area contributed by atoms with E-state index in [1.807, 2.05) is 0 Å². The van der Waals surface area contributed by atoms with Crippen LogP contribution in [0.1, 0.15) is 32.1 Å². The molecule has 0 spiro atoms. The maximum atomic E-state index is 11.7. The van der Waals surface area contributed by atoms with Crippen LogP contribution in [0.4, 0.5) is 0 Å².